The van der Waals surface area contributed by atoms with E-state index in [9.17, 15) is 14.4 Å². The lowest BCUT2D eigenvalue weighted by atomic mass is 10.0. The molecule has 1 heterocycles. The number of nitrogens with zero attached hydrogens (tertiary/aromatic N) is 2. The van der Waals surface area contributed by atoms with E-state index in [0.29, 0.717) is 53.8 Å². The zero-order chi connectivity index (χ0) is 24.8. The molecule has 0 saturated carbocycles. The van der Waals surface area contributed by atoms with Gasteiger partial charge in [0.05, 0.1) is 14.2 Å². The summed E-state index contributed by atoms with van der Waals surface area (Å²) in [6, 6.07) is 10.9. The van der Waals surface area contributed by atoms with Gasteiger partial charge in [0.1, 0.15) is 17.5 Å². The molecule has 1 atom stereocenters. The van der Waals surface area contributed by atoms with Gasteiger partial charge in [-0.2, -0.15) is 0 Å². The topological polar surface area (TPSA) is 88.2 Å². The Morgan fingerprint density at radius 3 is 1.88 bits per heavy atom. The number of carbonyl (C=O) groups is 3. The first-order valence-electron chi connectivity index (χ1n) is 11.1. The fourth-order valence-electron chi connectivity index (χ4n) is 3.78. The molecule has 8 nitrogen and oxygen atoms in total. The van der Waals surface area contributed by atoms with Crippen molar-refractivity contribution in [3.63, 3.8) is 0 Å². The van der Waals surface area contributed by atoms with E-state index in [0.717, 1.165) is 0 Å². The highest BCUT2D eigenvalue weighted by molar-refractivity contribution is 6.30. The van der Waals surface area contributed by atoms with Gasteiger partial charge >= 0.3 is 0 Å². The third kappa shape index (κ3) is 5.99. The molecule has 182 valence electrons. The zero-order valence-electron chi connectivity index (χ0n) is 19.8. The van der Waals surface area contributed by atoms with Crippen LogP contribution in [0, 0.1) is 5.92 Å². The van der Waals surface area contributed by atoms with Crippen molar-refractivity contribution in [2.45, 2.75) is 19.9 Å². The van der Waals surface area contributed by atoms with Crippen LogP contribution in [0.1, 0.15) is 34.6 Å². The number of ether oxygens (including phenoxy) is 2. The van der Waals surface area contributed by atoms with E-state index in [1.807, 2.05) is 13.8 Å². The summed E-state index contributed by atoms with van der Waals surface area (Å²) < 4.78 is 10.5. The average molecular weight is 488 g/mol. The maximum absolute atomic E-state index is 13.2. The first kappa shape index (κ1) is 25.4. The van der Waals surface area contributed by atoms with Gasteiger partial charge in [-0.15, -0.1) is 0 Å². The number of nitrogens with one attached hydrogen (secondary N) is 1. The van der Waals surface area contributed by atoms with Crippen molar-refractivity contribution in [2.75, 3.05) is 40.4 Å². The van der Waals surface area contributed by atoms with Crippen LogP contribution in [0.4, 0.5) is 0 Å². The van der Waals surface area contributed by atoms with Gasteiger partial charge < -0.3 is 24.6 Å². The Balaban J connectivity index is 1.63. The molecule has 1 fully saturated rings. The molecule has 9 heteroatoms. The molecule has 0 radical (unpaired) electrons. The van der Waals surface area contributed by atoms with E-state index >= 15 is 0 Å². The van der Waals surface area contributed by atoms with Crippen LogP contribution in [-0.4, -0.2) is 74.0 Å². The monoisotopic (exact) mass is 487 g/mol. The second-order valence-electron chi connectivity index (χ2n) is 8.42. The minimum atomic E-state index is -0.673. The van der Waals surface area contributed by atoms with Gasteiger partial charge in [0.15, 0.2) is 0 Å². The highest BCUT2D eigenvalue weighted by atomic mass is 35.5. The van der Waals surface area contributed by atoms with E-state index in [-0.39, 0.29) is 23.6 Å². The smallest absolute Gasteiger partial charge is 0.254 e. The molecule has 0 aromatic heterocycles. The lowest BCUT2D eigenvalue weighted by Gasteiger charge is -2.37. The Hall–Kier alpha value is -3.26. The van der Waals surface area contributed by atoms with Gasteiger partial charge in [0.25, 0.3) is 11.8 Å². The standard InChI is InChI=1S/C25H30ClN3O5/c1-16(2)22(27-23(30)17-5-7-19(26)8-6-17)25(32)29-11-9-28(10-12-29)24(31)18-13-20(33-3)15-21(14-18)34-4/h5-8,13-16,22H,9-12H2,1-4H3,(H,27,30). The average Bonchev–Trinajstić information content (AvgIpc) is 2.86. The summed E-state index contributed by atoms with van der Waals surface area (Å²) in [6.07, 6.45) is 0. The summed E-state index contributed by atoms with van der Waals surface area (Å²) in [5.41, 5.74) is 0.901. The molecule has 0 aliphatic carbocycles. The van der Waals surface area contributed by atoms with Crippen LogP contribution >= 0.6 is 11.6 Å². The van der Waals surface area contributed by atoms with Crippen LogP contribution in [0.2, 0.25) is 5.02 Å². The lowest BCUT2D eigenvalue weighted by Crippen LogP contribution is -2.57. The molecule has 1 aliphatic heterocycles. The van der Waals surface area contributed by atoms with Crippen molar-refractivity contribution in [1.29, 1.82) is 0 Å². The predicted octanol–water partition coefficient (Wildman–Crippen LogP) is 3.10. The Kier molecular flexibility index (Phi) is 8.39. The van der Waals surface area contributed by atoms with Crippen molar-refractivity contribution in [2.24, 2.45) is 5.92 Å². The van der Waals surface area contributed by atoms with Gasteiger partial charge in [-0.05, 0) is 42.3 Å². The van der Waals surface area contributed by atoms with E-state index in [4.69, 9.17) is 21.1 Å². The summed E-state index contributed by atoms with van der Waals surface area (Å²) in [5, 5.41) is 3.39. The fraction of sp³-hybridized carbons (Fsp3) is 0.400. The number of amides is 3. The first-order valence-corrected chi connectivity index (χ1v) is 11.5. The largest absolute Gasteiger partial charge is 0.497 e. The quantitative estimate of drug-likeness (QED) is 0.648. The molecule has 3 rings (SSSR count). The molecule has 34 heavy (non-hydrogen) atoms. The molecule has 2 aromatic carbocycles. The van der Waals surface area contributed by atoms with Crippen molar-refractivity contribution in [3.8, 4) is 11.5 Å². The van der Waals surface area contributed by atoms with E-state index in [2.05, 4.69) is 5.32 Å². The zero-order valence-corrected chi connectivity index (χ0v) is 20.6. The normalized spacial score (nSPS) is 14.5. The number of halogens is 1. The number of methoxy groups -OCH3 is 2. The second kappa shape index (κ2) is 11.2. The SMILES string of the molecule is COc1cc(OC)cc(C(=O)N2CCN(C(=O)C(NC(=O)c3ccc(Cl)cc3)C(C)C)CC2)c1. The van der Waals surface area contributed by atoms with E-state index < -0.39 is 6.04 Å². The van der Waals surface area contributed by atoms with Gasteiger partial charge in [-0.3, -0.25) is 14.4 Å². The van der Waals surface area contributed by atoms with E-state index in [1.54, 1.807) is 52.3 Å². The maximum Gasteiger partial charge on any atom is 0.254 e. The van der Waals surface area contributed by atoms with Crippen molar-refractivity contribution in [3.05, 3.63) is 58.6 Å². The third-order valence-corrected chi connectivity index (χ3v) is 6.05. The summed E-state index contributed by atoms with van der Waals surface area (Å²) in [6.45, 7) is 5.32. The highest BCUT2D eigenvalue weighted by Gasteiger charge is 2.32. The predicted molar refractivity (Wildman–Crippen MR) is 130 cm³/mol. The molecule has 1 saturated heterocycles. The number of hydrogen-bond acceptors (Lipinski definition) is 5. The van der Waals surface area contributed by atoms with Crippen molar-refractivity contribution in [1.82, 2.24) is 15.1 Å². The molecular weight excluding hydrogens is 458 g/mol. The number of benzene rings is 2. The van der Waals surface area contributed by atoms with Gasteiger partial charge in [0, 0.05) is 48.4 Å². The van der Waals surface area contributed by atoms with Crippen molar-refractivity contribution < 1.29 is 23.9 Å². The van der Waals surface area contributed by atoms with Gasteiger partial charge in [-0.1, -0.05) is 25.4 Å². The number of carbonyl (C=O) groups excluding carboxylic acids is 3. The molecule has 3 amide bonds. The lowest BCUT2D eigenvalue weighted by molar-refractivity contribution is -0.135. The van der Waals surface area contributed by atoms with Crippen LogP contribution in [0.3, 0.4) is 0 Å². The summed E-state index contributed by atoms with van der Waals surface area (Å²) in [5.74, 6) is 0.325. The number of piperazine rings is 1. The van der Waals surface area contributed by atoms with Crippen LogP contribution < -0.4 is 14.8 Å². The van der Waals surface area contributed by atoms with Gasteiger partial charge in [0.2, 0.25) is 5.91 Å². The van der Waals surface area contributed by atoms with Crippen LogP contribution in [0.15, 0.2) is 42.5 Å². The summed E-state index contributed by atoms with van der Waals surface area (Å²) in [7, 11) is 3.06. The Bertz CT molecular complexity index is 1010. The molecule has 1 N–H and O–H groups in total. The Labute approximate surface area is 204 Å². The fourth-order valence-corrected chi connectivity index (χ4v) is 3.91. The van der Waals surface area contributed by atoms with E-state index in [1.165, 1.54) is 14.2 Å². The van der Waals surface area contributed by atoms with Gasteiger partial charge in [-0.25, -0.2) is 0 Å². The Morgan fingerprint density at radius 1 is 0.853 bits per heavy atom. The minimum Gasteiger partial charge on any atom is -0.497 e. The molecular formula is C25H30ClN3O5. The highest BCUT2D eigenvalue weighted by Crippen LogP contribution is 2.24. The number of hydrogen-bond donors (Lipinski definition) is 1. The van der Waals surface area contributed by atoms with Crippen LogP contribution in [0.5, 0.6) is 11.5 Å². The summed E-state index contributed by atoms with van der Waals surface area (Å²) in [4.78, 5) is 42.3. The molecule has 2 aromatic rings. The third-order valence-electron chi connectivity index (χ3n) is 5.80. The van der Waals surface area contributed by atoms with Crippen LogP contribution in [0.25, 0.3) is 0 Å². The molecule has 1 unspecified atom stereocenters. The van der Waals surface area contributed by atoms with Crippen molar-refractivity contribution >= 4 is 29.3 Å². The summed E-state index contributed by atoms with van der Waals surface area (Å²) >= 11 is 5.89. The number of rotatable bonds is 7. The second-order valence-corrected chi connectivity index (χ2v) is 8.86. The van der Waals surface area contributed by atoms with Crippen LogP contribution in [-0.2, 0) is 4.79 Å². The Morgan fingerprint density at radius 2 is 1.38 bits per heavy atom. The maximum atomic E-state index is 13.2. The minimum absolute atomic E-state index is 0.104. The molecule has 1 aliphatic rings. The molecule has 0 bridgehead atoms. The first-order chi connectivity index (χ1) is 16.2. The molecule has 0 spiro atoms.